The molecule has 0 unspecified atom stereocenters. The molecule has 0 bridgehead atoms. The molecule has 0 saturated heterocycles. The maximum atomic E-state index is 5.32. The van der Waals surface area contributed by atoms with Gasteiger partial charge in [0, 0.05) is 24.0 Å². The van der Waals surface area contributed by atoms with Gasteiger partial charge in [-0.25, -0.2) is 4.98 Å². The van der Waals surface area contributed by atoms with Crippen molar-refractivity contribution in [3.63, 3.8) is 0 Å². The average Bonchev–Trinajstić information content (AvgIpc) is 2.85. The van der Waals surface area contributed by atoms with Crippen molar-refractivity contribution < 1.29 is 4.52 Å². The molecule has 6 nitrogen and oxygen atoms in total. The maximum absolute atomic E-state index is 5.32. The Balaban J connectivity index is 1.82. The van der Waals surface area contributed by atoms with Crippen LogP contribution in [-0.2, 0) is 0 Å². The monoisotopic (exact) mass is 255 g/mol. The van der Waals surface area contributed by atoms with Crippen LogP contribution in [0.5, 0.6) is 0 Å². The third-order valence-electron chi connectivity index (χ3n) is 3.33. The third kappa shape index (κ3) is 1.68. The molecule has 6 heteroatoms. The van der Waals surface area contributed by atoms with E-state index in [1.165, 1.54) is 0 Å². The molecule has 0 atom stereocenters. The summed E-state index contributed by atoms with van der Waals surface area (Å²) in [6.45, 7) is 1.98. The lowest BCUT2D eigenvalue weighted by molar-refractivity contribution is 0.377. The highest BCUT2D eigenvalue weighted by molar-refractivity contribution is 5.53. The summed E-state index contributed by atoms with van der Waals surface area (Å²) in [7, 11) is 0. The van der Waals surface area contributed by atoms with Crippen LogP contribution in [-0.4, -0.2) is 24.7 Å². The molecule has 96 valence electrons. The van der Waals surface area contributed by atoms with E-state index in [2.05, 4.69) is 20.1 Å². The van der Waals surface area contributed by atoms with Crippen molar-refractivity contribution in [3.8, 4) is 17.5 Å². The number of aryl methyl sites for hydroxylation is 1. The molecule has 3 heterocycles. The molecule has 4 rings (SSSR count). The lowest BCUT2D eigenvalue weighted by Gasteiger charge is -2.02. The quantitative estimate of drug-likeness (QED) is 0.780. The molecule has 0 aliphatic heterocycles. The fourth-order valence-corrected chi connectivity index (χ4v) is 2.16. The van der Waals surface area contributed by atoms with Crippen LogP contribution in [0.2, 0.25) is 0 Å². The highest BCUT2D eigenvalue weighted by atomic mass is 16.5. The summed E-state index contributed by atoms with van der Waals surface area (Å²) in [5, 5.41) is 4.07. The first-order chi connectivity index (χ1) is 9.33. The number of nitrogens with one attached hydrogen (secondary N) is 1. The molecule has 0 spiro atoms. The molecule has 1 N–H and O–H groups in total. The smallest absolute Gasteiger partial charge is 0.276 e. The van der Waals surface area contributed by atoms with Gasteiger partial charge >= 0.3 is 0 Å². The van der Waals surface area contributed by atoms with Crippen LogP contribution in [0, 0.1) is 6.92 Å². The Morgan fingerprint density at radius 2 is 2.32 bits per heavy atom. The molecule has 3 aromatic rings. The predicted octanol–water partition coefficient (Wildman–Crippen LogP) is 2.44. The molecule has 3 aromatic heterocycles. The van der Waals surface area contributed by atoms with Gasteiger partial charge in [0.25, 0.3) is 5.95 Å². The number of aromatic nitrogens is 5. The molecule has 19 heavy (non-hydrogen) atoms. The average molecular weight is 255 g/mol. The highest BCUT2D eigenvalue weighted by Crippen LogP contribution is 2.39. The fraction of sp³-hybridized carbons (Fsp3) is 0.308. The van der Waals surface area contributed by atoms with E-state index in [1.54, 1.807) is 0 Å². The van der Waals surface area contributed by atoms with Gasteiger partial charge in [0.1, 0.15) is 0 Å². The SMILES string of the molecule is Cc1cnc(-c2ccc[nH]2)n1-c1noc(C2CC2)n1. The van der Waals surface area contributed by atoms with Crippen LogP contribution < -0.4 is 0 Å². The van der Waals surface area contributed by atoms with Gasteiger partial charge in [0.15, 0.2) is 5.82 Å². The summed E-state index contributed by atoms with van der Waals surface area (Å²) < 4.78 is 7.22. The Kier molecular flexibility index (Phi) is 2.11. The molecule has 0 radical (unpaired) electrons. The zero-order valence-electron chi connectivity index (χ0n) is 10.5. The van der Waals surface area contributed by atoms with Gasteiger partial charge in [0.2, 0.25) is 5.89 Å². The second-order valence-electron chi connectivity index (χ2n) is 4.85. The number of hydrogen-bond donors (Lipinski definition) is 1. The Bertz CT molecular complexity index is 705. The number of nitrogens with zero attached hydrogens (tertiary/aromatic N) is 4. The first-order valence-electron chi connectivity index (χ1n) is 6.35. The molecule has 1 aliphatic carbocycles. The van der Waals surface area contributed by atoms with Crippen LogP contribution in [0.1, 0.15) is 30.3 Å². The van der Waals surface area contributed by atoms with Crippen molar-refractivity contribution in [2.75, 3.05) is 0 Å². The minimum Gasteiger partial charge on any atom is -0.359 e. The summed E-state index contributed by atoms with van der Waals surface area (Å²) in [5.41, 5.74) is 1.92. The van der Waals surface area contributed by atoms with Crippen molar-refractivity contribution in [2.24, 2.45) is 0 Å². The van der Waals surface area contributed by atoms with E-state index in [9.17, 15) is 0 Å². The van der Waals surface area contributed by atoms with Gasteiger partial charge in [-0.15, -0.1) is 0 Å². The first-order valence-corrected chi connectivity index (χ1v) is 6.35. The van der Waals surface area contributed by atoms with Crippen LogP contribution in [0.3, 0.4) is 0 Å². The van der Waals surface area contributed by atoms with Crippen molar-refractivity contribution >= 4 is 0 Å². The van der Waals surface area contributed by atoms with Crippen LogP contribution in [0.25, 0.3) is 17.5 Å². The van der Waals surface area contributed by atoms with E-state index in [1.807, 2.05) is 36.0 Å². The Morgan fingerprint density at radius 3 is 3.05 bits per heavy atom. The van der Waals surface area contributed by atoms with Crippen molar-refractivity contribution in [3.05, 3.63) is 36.1 Å². The van der Waals surface area contributed by atoms with E-state index >= 15 is 0 Å². The van der Waals surface area contributed by atoms with Gasteiger partial charge in [-0.2, -0.15) is 4.98 Å². The van der Waals surface area contributed by atoms with Crippen molar-refractivity contribution in [1.82, 2.24) is 24.7 Å². The molecular weight excluding hydrogens is 242 g/mol. The number of aromatic amines is 1. The standard InChI is InChI=1S/C13H13N5O/c1-8-7-15-11(10-3-2-6-14-10)18(8)13-16-12(19-17-13)9-4-5-9/h2-3,6-7,9,14H,4-5H2,1H3. The van der Waals surface area contributed by atoms with Gasteiger partial charge in [0.05, 0.1) is 5.69 Å². The topological polar surface area (TPSA) is 72.5 Å². The molecule has 1 aliphatic rings. The Morgan fingerprint density at radius 1 is 1.42 bits per heavy atom. The molecule has 0 aromatic carbocycles. The third-order valence-corrected chi connectivity index (χ3v) is 3.33. The normalized spacial score (nSPS) is 15.0. The summed E-state index contributed by atoms with van der Waals surface area (Å²) in [5.74, 6) is 2.55. The summed E-state index contributed by atoms with van der Waals surface area (Å²) in [4.78, 5) is 12.0. The first kappa shape index (κ1) is 10.5. The minimum atomic E-state index is 0.457. The number of imidazole rings is 1. The zero-order valence-corrected chi connectivity index (χ0v) is 10.5. The van der Waals surface area contributed by atoms with E-state index in [0.717, 1.165) is 35.9 Å². The van der Waals surface area contributed by atoms with Gasteiger partial charge in [-0.3, -0.25) is 4.57 Å². The second kappa shape index (κ2) is 3.81. The van der Waals surface area contributed by atoms with Crippen LogP contribution >= 0.6 is 0 Å². The Labute approximate surface area is 109 Å². The molecule has 1 fully saturated rings. The Hall–Kier alpha value is -2.37. The van der Waals surface area contributed by atoms with Gasteiger partial charge in [-0.1, -0.05) is 0 Å². The number of rotatable bonds is 3. The van der Waals surface area contributed by atoms with Crippen LogP contribution in [0.15, 0.2) is 29.0 Å². The highest BCUT2D eigenvalue weighted by Gasteiger charge is 2.30. The summed E-state index contributed by atoms with van der Waals surface area (Å²) in [6.07, 6.45) is 5.97. The lowest BCUT2D eigenvalue weighted by atomic mass is 10.4. The number of H-pyrrole nitrogens is 1. The van der Waals surface area contributed by atoms with Crippen molar-refractivity contribution in [2.45, 2.75) is 25.7 Å². The molecule has 1 saturated carbocycles. The van der Waals surface area contributed by atoms with E-state index in [4.69, 9.17) is 4.52 Å². The largest absolute Gasteiger partial charge is 0.359 e. The second-order valence-corrected chi connectivity index (χ2v) is 4.85. The molecular formula is C13H13N5O. The van der Waals surface area contributed by atoms with E-state index < -0.39 is 0 Å². The van der Waals surface area contributed by atoms with Gasteiger partial charge < -0.3 is 9.51 Å². The zero-order chi connectivity index (χ0) is 12.8. The molecule has 0 amide bonds. The van der Waals surface area contributed by atoms with Crippen molar-refractivity contribution in [1.29, 1.82) is 0 Å². The fourth-order valence-electron chi connectivity index (χ4n) is 2.16. The summed E-state index contributed by atoms with van der Waals surface area (Å²) >= 11 is 0. The van der Waals surface area contributed by atoms with E-state index in [-0.39, 0.29) is 0 Å². The number of hydrogen-bond acceptors (Lipinski definition) is 4. The maximum Gasteiger partial charge on any atom is 0.276 e. The minimum absolute atomic E-state index is 0.457. The van der Waals surface area contributed by atoms with Crippen LogP contribution in [0.4, 0.5) is 0 Å². The summed E-state index contributed by atoms with van der Waals surface area (Å²) in [6, 6.07) is 3.91. The lowest BCUT2D eigenvalue weighted by Crippen LogP contribution is -2.02. The van der Waals surface area contributed by atoms with E-state index in [0.29, 0.717) is 11.9 Å². The van der Waals surface area contributed by atoms with Gasteiger partial charge in [-0.05, 0) is 37.1 Å². The predicted molar refractivity (Wildman–Crippen MR) is 67.9 cm³/mol.